The van der Waals surface area contributed by atoms with Crippen LogP contribution in [0.5, 0.6) is 0 Å². The minimum absolute atomic E-state index is 0.0461. The van der Waals surface area contributed by atoms with Crippen LogP contribution in [-0.2, 0) is 16.6 Å². The van der Waals surface area contributed by atoms with Crippen LogP contribution >= 0.6 is 11.3 Å². The number of carboxylic acid groups (broad SMARTS) is 1. The summed E-state index contributed by atoms with van der Waals surface area (Å²) in [5, 5.41) is 10.7. The van der Waals surface area contributed by atoms with Crippen LogP contribution in [0.4, 0.5) is 0 Å². The molecule has 0 atom stereocenters. The third-order valence-electron chi connectivity index (χ3n) is 2.95. The van der Waals surface area contributed by atoms with Crippen molar-refractivity contribution in [3.05, 3.63) is 39.5 Å². The molecule has 0 fully saturated rings. The minimum atomic E-state index is -3.89. The van der Waals surface area contributed by atoms with E-state index in [1.807, 2.05) is 0 Å². The zero-order valence-corrected chi connectivity index (χ0v) is 13.4. The highest BCUT2D eigenvalue weighted by Crippen LogP contribution is 2.29. The number of carbonyl (C=O) groups is 1. The molecule has 0 aliphatic rings. The quantitative estimate of drug-likeness (QED) is 0.910. The summed E-state index contributed by atoms with van der Waals surface area (Å²) in [5.74, 6) is -0.0500. The van der Waals surface area contributed by atoms with Gasteiger partial charge in [0, 0.05) is 7.05 Å². The number of furan rings is 1. The van der Waals surface area contributed by atoms with Gasteiger partial charge in [-0.3, -0.25) is 0 Å². The molecule has 0 aliphatic carbocycles. The number of rotatable bonds is 5. The molecule has 0 aromatic carbocycles. The number of sulfonamides is 1. The fourth-order valence-electron chi connectivity index (χ4n) is 1.93. The van der Waals surface area contributed by atoms with Crippen molar-refractivity contribution in [1.29, 1.82) is 0 Å². The highest BCUT2D eigenvalue weighted by molar-refractivity contribution is 7.89. The number of aryl methyl sites for hydroxylation is 2. The highest BCUT2D eigenvalue weighted by Gasteiger charge is 2.30. The van der Waals surface area contributed by atoms with Gasteiger partial charge in [0.1, 0.15) is 21.3 Å². The second kappa shape index (κ2) is 5.63. The van der Waals surface area contributed by atoms with Crippen LogP contribution in [0, 0.1) is 13.8 Å². The summed E-state index contributed by atoms with van der Waals surface area (Å²) in [6.07, 6.45) is 0. The SMILES string of the molecule is Cc1ccc(CN(C)S(=O)(=O)c2c(C)csc2C(=O)O)o1. The number of thiophene rings is 1. The van der Waals surface area contributed by atoms with E-state index in [4.69, 9.17) is 9.52 Å². The lowest BCUT2D eigenvalue weighted by atomic mass is 10.3. The van der Waals surface area contributed by atoms with Gasteiger partial charge < -0.3 is 9.52 Å². The molecule has 114 valence electrons. The van der Waals surface area contributed by atoms with Crippen molar-refractivity contribution in [3.8, 4) is 0 Å². The number of aromatic carboxylic acids is 1. The fraction of sp³-hybridized carbons (Fsp3) is 0.308. The molecular weight excluding hydrogens is 314 g/mol. The number of nitrogens with zero attached hydrogens (tertiary/aromatic N) is 1. The van der Waals surface area contributed by atoms with E-state index in [1.165, 1.54) is 12.4 Å². The first-order valence-corrected chi connectivity index (χ1v) is 8.38. The number of hydrogen-bond donors (Lipinski definition) is 1. The van der Waals surface area contributed by atoms with E-state index in [0.29, 0.717) is 17.1 Å². The first kappa shape index (κ1) is 15.7. The molecule has 0 saturated heterocycles. The Morgan fingerprint density at radius 2 is 2.05 bits per heavy atom. The van der Waals surface area contributed by atoms with Crippen molar-refractivity contribution < 1.29 is 22.7 Å². The van der Waals surface area contributed by atoms with Gasteiger partial charge in [0.15, 0.2) is 0 Å². The standard InChI is InChI=1S/C13H15NO5S2/c1-8-7-20-11(13(15)16)12(8)21(17,18)14(3)6-10-5-4-9(2)19-10/h4-5,7H,6H2,1-3H3,(H,15,16). The van der Waals surface area contributed by atoms with Gasteiger partial charge >= 0.3 is 5.97 Å². The summed E-state index contributed by atoms with van der Waals surface area (Å²) in [7, 11) is -2.49. The molecule has 6 nitrogen and oxygen atoms in total. The smallest absolute Gasteiger partial charge is 0.347 e. The van der Waals surface area contributed by atoms with Crippen LogP contribution in [0.25, 0.3) is 0 Å². The molecule has 0 spiro atoms. The average Bonchev–Trinajstić information content (AvgIpc) is 2.95. The van der Waals surface area contributed by atoms with Crippen LogP contribution in [0.1, 0.15) is 26.8 Å². The Labute approximate surface area is 126 Å². The summed E-state index contributed by atoms with van der Waals surface area (Å²) in [6, 6.07) is 3.44. The van der Waals surface area contributed by atoms with E-state index in [9.17, 15) is 13.2 Å². The molecule has 0 unspecified atom stereocenters. The lowest BCUT2D eigenvalue weighted by molar-refractivity contribution is 0.0698. The molecule has 0 amide bonds. The maximum Gasteiger partial charge on any atom is 0.347 e. The Morgan fingerprint density at radius 3 is 2.57 bits per heavy atom. The third-order valence-corrected chi connectivity index (χ3v) is 6.16. The summed E-state index contributed by atoms with van der Waals surface area (Å²) in [6.45, 7) is 3.40. The molecule has 8 heteroatoms. The fourth-order valence-corrected chi connectivity index (χ4v) is 4.64. The lowest BCUT2D eigenvalue weighted by Crippen LogP contribution is -2.27. The number of hydrogen-bond acceptors (Lipinski definition) is 5. The summed E-state index contributed by atoms with van der Waals surface area (Å²) in [4.78, 5) is 10.9. The van der Waals surface area contributed by atoms with Crippen molar-refractivity contribution in [1.82, 2.24) is 4.31 Å². The van der Waals surface area contributed by atoms with Gasteiger partial charge in [0.25, 0.3) is 0 Å². The van der Waals surface area contributed by atoms with Gasteiger partial charge in [-0.1, -0.05) is 0 Å². The van der Waals surface area contributed by atoms with Crippen molar-refractivity contribution in [3.63, 3.8) is 0 Å². The Kier molecular flexibility index (Phi) is 4.22. The molecule has 2 rings (SSSR count). The highest BCUT2D eigenvalue weighted by atomic mass is 32.2. The van der Waals surface area contributed by atoms with E-state index in [-0.39, 0.29) is 16.3 Å². The van der Waals surface area contributed by atoms with Crippen LogP contribution in [0.2, 0.25) is 0 Å². The third kappa shape index (κ3) is 3.02. The Bertz CT molecular complexity index is 772. The lowest BCUT2D eigenvalue weighted by Gasteiger charge is -2.16. The molecule has 0 radical (unpaired) electrons. The zero-order valence-electron chi connectivity index (χ0n) is 11.8. The second-order valence-corrected chi connectivity index (χ2v) is 7.52. The van der Waals surface area contributed by atoms with Crippen molar-refractivity contribution in [2.75, 3.05) is 7.05 Å². The first-order valence-electron chi connectivity index (χ1n) is 6.06. The Balaban J connectivity index is 2.37. The predicted molar refractivity (Wildman–Crippen MR) is 78.1 cm³/mol. The molecule has 1 N–H and O–H groups in total. The number of carboxylic acids is 1. The molecule has 21 heavy (non-hydrogen) atoms. The van der Waals surface area contributed by atoms with E-state index in [0.717, 1.165) is 15.6 Å². The molecule has 2 heterocycles. The van der Waals surface area contributed by atoms with Gasteiger partial charge in [-0.05, 0) is 36.9 Å². The van der Waals surface area contributed by atoms with Crippen LogP contribution in [0.3, 0.4) is 0 Å². The van der Waals surface area contributed by atoms with E-state index >= 15 is 0 Å². The van der Waals surface area contributed by atoms with E-state index in [1.54, 1.807) is 26.0 Å². The molecule has 2 aromatic rings. The maximum absolute atomic E-state index is 12.6. The van der Waals surface area contributed by atoms with Crippen LogP contribution in [0.15, 0.2) is 26.8 Å². The molecule has 0 bridgehead atoms. The molecule has 0 aliphatic heterocycles. The average molecular weight is 329 g/mol. The van der Waals surface area contributed by atoms with Gasteiger partial charge in [-0.25, -0.2) is 13.2 Å². The Hall–Kier alpha value is -1.64. The van der Waals surface area contributed by atoms with Crippen molar-refractivity contribution in [2.45, 2.75) is 25.3 Å². The van der Waals surface area contributed by atoms with Crippen LogP contribution < -0.4 is 0 Å². The zero-order chi connectivity index (χ0) is 15.8. The van der Waals surface area contributed by atoms with Crippen molar-refractivity contribution in [2.24, 2.45) is 0 Å². The normalized spacial score (nSPS) is 12.0. The summed E-state index contributed by atoms with van der Waals surface area (Å²) in [5.41, 5.74) is 0.430. The molecule has 2 aromatic heterocycles. The monoisotopic (exact) mass is 329 g/mol. The van der Waals surface area contributed by atoms with Gasteiger partial charge in [-0.15, -0.1) is 11.3 Å². The summed E-state index contributed by atoms with van der Waals surface area (Å²) < 4.78 is 31.6. The van der Waals surface area contributed by atoms with Gasteiger partial charge in [-0.2, -0.15) is 4.31 Å². The molecular formula is C13H15NO5S2. The second-order valence-electron chi connectivity index (χ2n) is 4.66. The Morgan fingerprint density at radius 1 is 1.38 bits per heavy atom. The topological polar surface area (TPSA) is 87.8 Å². The predicted octanol–water partition coefficient (Wildman–Crippen LogP) is 2.48. The van der Waals surface area contributed by atoms with Crippen LogP contribution in [-0.4, -0.2) is 30.8 Å². The van der Waals surface area contributed by atoms with Gasteiger partial charge in [0.2, 0.25) is 10.0 Å². The molecule has 0 saturated carbocycles. The maximum atomic E-state index is 12.6. The minimum Gasteiger partial charge on any atom is -0.477 e. The largest absolute Gasteiger partial charge is 0.477 e. The first-order chi connectivity index (χ1) is 9.73. The van der Waals surface area contributed by atoms with Gasteiger partial charge in [0.05, 0.1) is 6.54 Å². The van der Waals surface area contributed by atoms with E-state index < -0.39 is 16.0 Å². The van der Waals surface area contributed by atoms with E-state index in [2.05, 4.69) is 0 Å². The summed E-state index contributed by atoms with van der Waals surface area (Å²) >= 11 is 0.910. The van der Waals surface area contributed by atoms with Crippen molar-refractivity contribution >= 4 is 27.3 Å².